The maximum Gasteiger partial charge on any atom is 0.341 e. The summed E-state index contributed by atoms with van der Waals surface area (Å²) in [5.74, 6) is -0.472. The normalized spacial score (nSPS) is 14.9. The molecule has 0 fully saturated rings. The Morgan fingerprint density at radius 3 is 2.88 bits per heavy atom. The second-order valence-electron chi connectivity index (χ2n) is 4.11. The van der Waals surface area contributed by atoms with Crippen molar-refractivity contribution in [2.24, 2.45) is 0 Å². The van der Waals surface area contributed by atoms with Gasteiger partial charge in [0.25, 0.3) is 5.56 Å². The molecule has 5 heteroatoms. The number of hydrogen-bond donors (Lipinski definition) is 0. The van der Waals surface area contributed by atoms with Crippen LogP contribution in [0.15, 0.2) is 10.9 Å². The first-order valence-corrected chi connectivity index (χ1v) is 6.03. The molecule has 1 aromatic heterocycles. The molecule has 0 radical (unpaired) electrons. The summed E-state index contributed by atoms with van der Waals surface area (Å²) in [6.45, 7) is 0.648. The molecule has 0 aliphatic carbocycles. The van der Waals surface area contributed by atoms with E-state index >= 15 is 0 Å². The lowest BCUT2D eigenvalue weighted by molar-refractivity contribution is 0.0598. The minimum Gasteiger partial charge on any atom is -0.465 e. The molecule has 0 atom stereocenters. The van der Waals surface area contributed by atoms with Crippen LogP contribution in [0.5, 0.6) is 0 Å². The zero-order chi connectivity index (χ0) is 12.4. The molecule has 0 saturated heterocycles. The SMILES string of the molecule is COC(=O)c1c(Cl)cc(=O)n2c1CCCCC2. The van der Waals surface area contributed by atoms with Crippen LogP contribution in [0.2, 0.25) is 5.02 Å². The highest BCUT2D eigenvalue weighted by Gasteiger charge is 2.22. The first-order chi connectivity index (χ1) is 8.15. The quantitative estimate of drug-likeness (QED) is 0.722. The first kappa shape index (κ1) is 12.2. The topological polar surface area (TPSA) is 48.3 Å². The number of ether oxygens (including phenoxy) is 1. The number of hydrogen-bond acceptors (Lipinski definition) is 3. The third kappa shape index (κ3) is 2.22. The van der Waals surface area contributed by atoms with Crippen molar-refractivity contribution < 1.29 is 9.53 Å². The predicted octanol–water partition coefficient (Wildman–Crippen LogP) is 2.01. The summed E-state index contributed by atoms with van der Waals surface area (Å²) >= 11 is 5.98. The molecule has 2 rings (SSSR count). The first-order valence-electron chi connectivity index (χ1n) is 5.65. The molecule has 92 valence electrons. The molecular weight excluding hydrogens is 242 g/mol. The summed E-state index contributed by atoms with van der Waals surface area (Å²) in [6.07, 6.45) is 3.67. The Morgan fingerprint density at radius 2 is 2.18 bits per heavy atom. The van der Waals surface area contributed by atoms with Crippen LogP contribution >= 0.6 is 11.6 Å². The number of fused-ring (bicyclic) bond motifs is 1. The van der Waals surface area contributed by atoms with Gasteiger partial charge in [-0.25, -0.2) is 4.79 Å². The van der Waals surface area contributed by atoms with Crippen LogP contribution in [-0.4, -0.2) is 17.6 Å². The zero-order valence-electron chi connectivity index (χ0n) is 9.66. The summed E-state index contributed by atoms with van der Waals surface area (Å²) < 4.78 is 6.37. The fourth-order valence-electron chi connectivity index (χ4n) is 2.23. The maximum atomic E-state index is 11.8. The van der Waals surface area contributed by atoms with Gasteiger partial charge in [0.1, 0.15) is 0 Å². The minimum atomic E-state index is -0.472. The fourth-order valence-corrected chi connectivity index (χ4v) is 2.51. The molecular formula is C12H14ClNO3. The van der Waals surface area contributed by atoms with Gasteiger partial charge in [-0.2, -0.15) is 0 Å². The summed E-state index contributed by atoms with van der Waals surface area (Å²) in [7, 11) is 1.32. The molecule has 0 amide bonds. The second kappa shape index (κ2) is 4.92. The van der Waals surface area contributed by atoms with Gasteiger partial charge < -0.3 is 9.30 Å². The summed E-state index contributed by atoms with van der Waals surface area (Å²) in [5.41, 5.74) is 0.919. The van der Waals surface area contributed by atoms with Crippen molar-refractivity contribution in [3.63, 3.8) is 0 Å². The predicted molar refractivity (Wildman–Crippen MR) is 64.6 cm³/mol. The van der Waals surface area contributed by atoms with E-state index in [0.717, 1.165) is 19.3 Å². The van der Waals surface area contributed by atoms with Crippen LogP contribution in [0.25, 0.3) is 0 Å². The standard InChI is InChI=1S/C12H14ClNO3/c1-17-12(16)11-8(13)7-10(15)14-6-4-2-3-5-9(11)14/h7H,2-6H2,1H3. The second-order valence-corrected chi connectivity index (χ2v) is 4.51. The molecule has 1 aliphatic rings. The summed E-state index contributed by atoms with van der Waals surface area (Å²) in [4.78, 5) is 23.5. The lowest BCUT2D eigenvalue weighted by Crippen LogP contribution is -2.25. The molecule has 0 bridgehead atoms. The zero-order valence-corrected chi connectivity index (χ0v) is 10.4. The van der Waals surface area contributed by atoms with Crippen LogP contribution in [0.1, 0.15) is 35.3 Å². The van der Waals surface area contributed by atoms with E-state index in [-0.39, 0.29) is 10.6 Å². The Morgan fingerprint density at radius 1 is 1.41 bits per heavy atom. The Balaban J connectivity index is 2.66. The molecule has 2 heterocycles. The van der Waals surface area contributed by atoms with E-state index < -0.39 is 5.97 Å². The third-order valence-corrected chi connectivity index (χ3v) is 3.35. The molecule has 4 nitrogen and oxygen atoms in total. The smallest absolute Gasteiger partial charge is 0.341 e. The van der Waals surface area contributed by atoms with Crippen LogP contribution < -0.4 is 5.56 Å². The Kier molecular flexibility index (Phi) is 3.52. The summed E-state index contributed by atoms with van der Waals surface area (Å²) in [5, 5.41) is 0.190. The van der Waals surface area contributed by atoms with Gasteiger partial charge >= 0.3 is 5.97 Å². The molecule has 0 aromatic carbocycles. The average molecular weight is 256 g/mol. The number of carbonyl (C=O) groups is 1. The molecule has 1 aromatic rings. The minimum absolute atomic E-state index is 0.139. The van der Waals surface area contributed by atoms with Gasteiger partial charge in [-0.1, -0.05) is 18.0 Å². The van der Waals surface area contributed by atoms with Gasteiger partial charge in [0.2, 0.25) is 0 Å². The van der Waals surface area contributed by atoms with Crippen LogP contribution in [0.4, 0.5) is 0 Å². The Bertz CT molecular complexity index is 507. The van der Waals surface area contributed by atoms with Crippen molar-refractivity contribution >= 4 is 17.6 Å². The third-order valence-electron chi connectivity index (χ3n) is 3.05. The number of esters is 1. The highest BCUT2D eigenvalue weighted by atomic mass is 35.5. The highest BCUT2D eigenvalue weighted by molar-refractivity contribution is 6.33. The van der Waals surface area contributed by atoms with Crippen molar-refractivity contribution in [2.75, 3.05) is 7.11 Å². The number of methoxy groups -OCH3 is 1. The Labute approximate surface area is 104 Å². The van der Waals surface area contributed by atoms with E-state index in [0.29, 0.717) is 24.2 Å². The van der Waals surface area contributed by atoms with E-state index in [1.165, 1.54) is 13.2 Å². The number of aromatic nitrogens is 1. The molecule has 17 heavy (non-hydrogen) atoms. The van der Waals surface area contributed by atoms with E-state index in [1.807, 2.05) is 0 Å². The van der Waals surface area contributed by atoms with Crippen molar-refractivity contribution in [3.05, 3.63) is 32.7 Å². The van der Waals surface area contributed by atoms with Gasteiger partial charge in [0.15, 0.2) is 0 Å². The average Bonchev–Trinajstić information content (AvgIpc) is 2.54. The van der Waals surface area contributed by atoms with E-state index in [2.05, 4.69) is 0 Å². The van der Waals surface area contributed by atoms with Gasteiger partial charge in [0.05, 0.1) is 17.7 Å². The van der Waals surface area contributed by atoms with Crippen molar-refractivity contribution in [2.45, 2.75) is 32.2 Å². The number of carbonyl (C=O) groups excluding carboxylic acids is 1. The fraction of sp³-hybridized carbons (Fsp3) is 0.500. The number of rotatable bonds is 1. The Hall–Kier alpha value is -1.29. The lowest BCUT2D eigenvalue weighted by Gasteiger charge is -2.14. The van der Waals surface area contributed by atoms with Gasteiger partial charge in [-0.3, -0.25) is 4.79 Å². The van der Waals surface area contributed by atoms with Crippen molar-refractivity contribution in [1.82, 2.24) is 4.57 Å². The van der Waals surface area contributed by atoms with Crippen LogP contribution in [0.3, 0.4) is 0 Å². The summed E-state index contributed by atoms with van der Waals surface area (Å²) in [6, 6.07) is 1.29. The van der Waals surface area contributed by atoms with Gasteiger partial charge in [-0.05, 0) is 19.3 Å². The lowest BCUT2D eigenvalue weighted by atomic mass is 10.1. The monoisotopic (exact) mass is 255 g/mol. The van der Waals surface area contributed by atoms with Crippen LogP contribution in [0, 0.1) is 0 Å². The number of pyridine rings is 1. The molecule has 1 aliphatic heterocycles. The highest BCUT2D eigenvalue weighted by Crippen LogP contribution is 2.23. The van der Waals surface area contributed by atoms with Crippen molar-refractivity contribution in [3.8, 4) is 0 Å². The number of nitrogens with zero attached hydrogens (tertiary/aromatic N) is 1. The number of halogens is 1. The van der Waals surface area contributed by atoms with Crippen molar-refractivity contribution in [1.29, 1.82) is 0 Å². The van der Waals surface area contributed by atoms with E-state index in [4.69, 9.17) is 16.3 Å². The molecule has 0 N–H and O–H groups in total. The maximum absolute atomic E-state index is 11.8. The largest absolute Gasteiger partial charge is 0.465 e. The van der Waals surface area contributed by atoms with E-state index in [1.54, 1.807) is 4.57 Å². The van der Waals surface area contributed by atoms with Crippen LogP contribution in [-0.2, 0) is 17.7 Å². The van der Waals surface area contributed by atoms with Gasteiger partial charge in [-0.15, -0.1) is 0 Å². The molecule has 0 spiro atoms. The van der Waals surface area contributed by atoms with E-state index in [9.17, 15) is 9.59 Å². The molecule has 0 unspecified atom stereocenters. The molecule has 0 saturated carbocycles. The van der Waals surface area contributed by atoms with Gasteiger partial charge in [0, 0.05) is 18.3 Å².